The highest BCUT2D eigenvalue weighted by atomic mass is 19.4. The standard InChI is InChI=1S/C8H11F3N4O2/c1-5-14-6(15-17-5)2-12-3-7(16)13-4-8(9,10)11/h12H,2-4H2,1H3,(H,13,16). The number of aryl methyl sites for hydroxylation is 1. The molecule has 17 heavy (non-hydrogen) atoms. The molecule has 0 aliphatic rings. The van der Waals surface area contributed by atoms with Gasteiger partial charge in [0, 0.05) is 6.92 Å². The first-order valence-corrected chi connectivity index (χ1v) is 4.70. The molecule has 9 heteroatoms. The van der Waals surface area contributed by atoms with Gasteiger partial charge in [-0.05, 0) is 0 Å². The minimum Gasteiger partial charge on any atom is -0.346 e. The maximum atomic E-state index is 11.7. The molecule has 0 aliphatic heterocycles. The predicted octanol–water partition coefficient (Wildman–Crippen LogP) is 0.146. The van der Waals surface area contributed by atoms with Crippen molar-refractivity contribution in [1.82, 2.24) is 20.8 Å². The van der Waals surface area contributed by atoms with E-state index in [4.69, 9.17) is 0 Å². The summed E-state index contributed by atoms with van der Waals surface area (Å²) in [7, 11) is 0. The maximum Gasteiger partial charge on any atom is 0.405 e. The first-order valence-electron chi connectivity index (χ1n) is 4.70. The van der Waals surface area contributed by atoms with Crippen LogP contribution in [0, 0.1) is 6.92 Å². The van der Waals surface area contributed by atoms with Gasteiger partial charge in [0.25, 0.3) is 0 Å². The lowest BCUT2D eigenvalue weighted by Crippen LogP contribution is -2.39. The van der Waals surface area contributed by atoms with E-state index in [2.05, 4.69) is 20.0 Å². The van der Waals surface area contributed by atoms with Crippen molar-refractivity contribution >= 4 is 5.91 Å². The van der Waals surface area contributed by atoms with Crippen molar-refractivity contribution in [3.8, 4) is 0 Å². The number of rotatable bonds is 5. The van der Waals surface area contributed by atoms with Gasteiger partial charge in [0.05, 0.1) is 13.1 Å². The molecule has 0 unspecified atom stereocenters. The lowest BCUT2D eigenvalue weighted by Gasteiger charge is -2.08. The molecule has 1 heterocycles. The van der Waals surface area contributed by atoms with E-state index in [1.807, 2.05) is 0 Å². The van der Waals surface area contributed by atoms with Gasteiger partial charge in [0.1, 0.15) is 6.54 Å². The van der Waals surface area contributed by atoms with Crippen molar-refractivity contribution in [3.63, 3.8) is 0 Å². The summed E-state index contributed by atoms with van der Waals surface area (Å²) in [5.41, 5.74) is 0. The molecule has 0 bridgehead atoms. The zero-order chi connectivity index (χ0) is 12.9. The third-order valence-corrected chi connectivity index (χ3v) is 1.62. The highest BCUT2D eigenvalue weighted by Crippen LogP contribution is 2.11. The van der Waals surface area contributed by atoms with Gasteiger partial charge < -0.3 is 15.2 Å². The number of hydrogen-bond donors (Lipinski definition) is 2. The van der Waals surface area contributed by atoms with Crippen molar-refractivity contribution in [2.75, 3.05) is 13.1 Å². The summed E-state index contributed by atoms with van der Waals surface area (Å²) < 4.78 is 39.9. The van der Waals surface area contributed by atoms with Gasteiger partial charge in [-0.3, -0.25) is 4.79 Å². The van der Waals surface area contributed by atoms with Gasteiger partial charge in [0.2, 0.25) is 11.8 Å². The fraction of sp³-hybridized carbons (Fsp3) is 0.625. The third-order valence-electron chi connectivity index (χ3n) is 1.62. The Labute approximate surface area is 94.6 Å². The summed E-state index contributed by atoms with van der Waals surface area (Å²) in [5, 5.41) is 7.85. The molecule has 0 saturated carbocycles. The molecule has 1 aromatic rings. The molecular weight excluding hydrogens is 241 g/mol. The molecular formula is C8H11F3N4O2. The number of alkyl halides is 3. The average molecular weight is 252 g/mol. The van der Waals surface area contributed by atoms with Crippen LogP contribution in [0.25, 0.3) is 0 Å². The Bertz CT molecular complexity index is 377. The molecule has 0 atom stereocenters. The molecule has 0 spiro atoms. The lowest BCUT2D eigenvalue weighted by molar-refractivity contribution is -0.137. The van der Waals surface area contributed by atoms with E-state index in [1.165, 1.54) is 0 Å². The molecule has 1 amide bonds. The smallest absolute Gasteiger partial charge is 0.346 e. The number of nitrogens with one attached hydrogen (secondary N) is 2. The zero-order valence-corrected chi connectivity index (χ0v) is 8.97. The number of aromatic nitrogens is 2. The highest BCUT2D eigenvalue weighted by Gasteiger charge is 2.27. The molecule has 0 saturated heterocycles. The minimum absolute atomic E-state index is 0.150. The van der Waals surface area contributed by atoms with Crippen molar-refractivity contribution in [1.29, 1.82) is 0 Å². The average Bonchev–Trinajstić information content (AvgIpc) is 2.60. The summed E-state index contributed by atoms with van der Waals surface area (Å²) in [6, 6.07) is 0. The fourth-order valence-electron chi connectivity index (χ4n) is 0.962. The van der Waals surface area contributed by atoms with E-state index in [0.29, 0.717) is 11.7 Å². The van der Waals surface area contributed by atoms with Crippen LogP contribution >= 0.6 is 0 Å². The SMILES string of the molecule is Cc1nc(CNCC(=O)NCC(F)(F)F)no1. The third kappa shape index (κ3) is 5.85. The predicted molar refractivity (Wildman–Crippen MR) is 49.8 cm³/mol. The lowest BCUT2D eigenvalue weighted by atomic mass is 10.5. The summed E-state index contributed by atoms with van der Waals surface area (Å²) in [6.07, 6.45) is -4.40. The Balaban J connectivity index is 2.16. The fourth-order valence-corrected chi connectivity index (χ4v) is 0.962. The monoisotopic (exact) mass is 252 g/mol. The summed E-state index contributed by atoms with van der Waals surface area (Å²) in [6.45, 7) is 0.168. The summed E-state index contributed by atoms with van der Waals surface area (Å²) >= 11 is 0. The number of carbonyl (C=O) groups is 1. The number of carbonyl (C=O) groups excluding carboxylic acids is 1. The van der Waals surface area contributed by atoms with Crippen LogP contribution < -0.4 is 10.6 Å². The largest absolute Gasteiger partial charge is 0.405 e. The zero-order valence-electron chi connectivity index (χ0n) is 8.97. The van der Waals surface area contributed by atoms with Crippen LogP contribution in [-0.2, 0) is 11.3 Å². The second-order valence-electron chi connectivity index (χ2n) is 3.23. The van der Waals surface area contributed by atoms with Gasteiger partial charge in [-0.1, -0.05) is 5.16 Å². The minimum atomic E-state index is -4.40. The van der Waals surface area contributed by atoms with Gasteiger partial charge in [0.15, 0.2) is 5.82 Å². The van der Waals surface area contributed by atoms with Gasteiger partial charge in [-0.25, -0.2) is 0 Å². The van der Waals surface area contributed by atoms with Crippen LogP contribution in [0.1, 0.15) is 11.7 Å². The topological polar surface area (TPSA) is 80.0 Å². The Morgan fingerprint density at radius 2 is 2.18 bits per heavy atom. The molecule has 2 N–H and O–H groups in total. The molecule has 1 rings (SSSR count). The normalized spacial score (nSPS) is 11.5. The molecule has 0 aliphatic carbocycles. The second kappa shape index (κ2) is 5.62. The summed E-state index contributed by atoms with van der Waals surface area (Å²) in [5.74, 6) is -0.0306. The van der Waals surface area contributed by atoms with E-state index >= 15 is 0 Å². The van der Waals surface area contributed by atoms with Crippen molar-refractivity contribution in [2.45, 2.75) is 19.6 Å². The Morgan fingerprint density at radius 3 is 2.71 bits per heavy atom. The highest BCUT2D eigenvalue weighted by molar-refractivity contribution is 5.77. The van der Waals surface area contributed by atoms with E-state index in [1.54, 1.807) is 12.2 Å². The number of nitrogens with zero attached hydrogens (tertiary/aromatic N) is 2. The first kappa shape index (κ1) is 13.4. The van der Waals surface area contributed by atoms with E-state index in [-0.39, 0.29) is 13.1 Å². The maximum absolute atomic E-state index is 11.7. The first-order chi connectivity index (χ1) is 7.87. The Morgan fingerprint density at radius 1 is 1.47 bits per heavy atom. The van der Waals surface area contributed by atoms with E-state index in [9.17, 15) is 18.0 Å². The van der Waals surface area contributed by atoms with E-state index in [0.717, 1.165) is 0 Å². The molecule has 96 valence electrons. The molecule has 0 aromatic carbocycles. The quantitative estimate of drug-likeness (QED) is 0.779. The van der Waals surface area contributed by atoms with Crippen LogP contribution in [0.5, 0.6) is 0 Å². The van der Waals surface area contributed by atoms with Crippen LogP contribution in [0.3, 0.4) is 0 Å². The number of hydrogen-bond acceptors (Lipinski definition) is 5. The van der Waals surface area contributed by atoms with E-state index < -0.39 is 18.6 Å². The number of amides is 1. The summed E-state index contributed by atoms with van der Waals surface area (Å²) in [4.78, 5) is 14.8. The van der Waals surface area contributed by atoms with Crippen LogP contribution in [-0.4, -0.2) is 35.3 Å². The van der Waals surface area contributed by atoms with Crippen LogP contribution in [0.15, 0.2) is 4.52 Å². The van der Waals surface area contributed by atoms with Crippen LogP contribution in [0.4, 0.5) is 13.2 Å². The molecule has 0 fully saturated rings. The Hall–Kier alpha value is -1.64. The second-order valence-corrected chi connectivity index (χ2v) is 3.23. The molecule has 0 radical (unpaired) electrons. The number of halogens is 3. The van der Waals surface area contributed by atoms with Gasteiger partial charge in [-0.2, -0.15) is 18.2 Å². The van der Waals surface area contributed by atoms with Crippen molar-refractivity contribution in [2.24, 2.45) is 0 Å². The molecule has 6 nitrogen and oxygen atoms in total. The van der Waals surface area contributed by atoms with Gasteiger partial charge in [-0.15, -0.1) is 0 Å². The van der Waals surface area contributed by atoms with Gasteiger partial charge >= 0.3 is 6.18 Å². The van der Waals surface area contributed by atoms with Crippen LogP contribution in [0.2, 0.25) is 0 Å². The Kier molecular flexibility index (Phi) is 4.44. The van der Waals surface area contributed by atoms with Crippen molar-refractivity contribution < 1.29 is 22.5 Å². The van der Waals surface area contributed by atoms with Crippen molar-refractivity contribution in [3.05, 3.63) is 11.7 Å². The molecule has 1 aromatic heterocycles.